The van der Waals surface area contributed by atoms with Gasteiger partial charge in [-0.05, 0) is 6.07 Å². The van der Waals surface area contributed by atoms with Gasteiger partial charge in [-0.25, -0.2) is 0 Å². The number of hydrogen-bond donors (Lipinski definition) is 1. The van der Waals surface area contributed by atoms with E-state index in [1.165, 1.54) is 22.5 Å². The van der Waals surface area contributed by atoms with Gasteiger partial charge in [0.15, 0.2) is 0 Å². The zero-order valence-electron chi connectivity index (χ0n) is 14.7. The van der Waals surface area contributed by atoms with Gasteiger partial charge in [0.25, 0.3) is 5.56 Å². The Morgan fingerprint density at radius 2 is 2.12 bits per heavy atom. The fourth-order valence-corrected chi connectivity index (χ4v) is 2.79. The molecule has 9 nitrogen and oxygen atoms in total. The Hall–Kier alpha value is -2.68. The second-order valence-electron chi connectivity index (χ2n) is 6.11. The fourth-order valence-electron chi connectivity index (χ4n) is 2.79. The highest BCUT2D eigenvalue weighted by molar-refractivity contribution is 5.79. The van der Waals surface area contributed by atoms with Crippen LogP contribution in [0.2, 0.25) is 0 Å². The van der Waals surface area contributed by atoms with E-state index in [0.717, 1.165) is 0 Å². The highest BCUT2D eigenvalue weighted by Gasteiger charge is 2.27. The van der Waals surface area contributed by atoms with Crippen LogP contribution in [0.3, 0.4) is 0 Å². The van der Waals surface area contributed by atoms with Crippen molar-refractivity contribution in [2.75, 3.05) is 32.8 Å². The minimum atomic E-state index is -1.10. The second-order valence-corrected chi connectivity index (χ2v) is 6.11. The van der Waals surface area contributed by atoms with Gasteiger partial charge in [0.2, 0.25) is 11.8 Å². The average molecular weight is 365 g/mol. The number of aromatic nitrogens is 1. The highest BCUT2D eigenvalue weighted by Crippen LogP contribution is 2.09. The number of aryl methyl sites for hydroxylation is 1. The molecule has 2 heterocycles. The van der Waals surface area contributed by atoms with Crippen LogP contribution in [-0.4, -0.2) is 76.1 Å². The first kappa shape index (κ1) is 19.6. The van der Waals surface area contributed by atoms with Gasteiger partial charge in [0.05, 0.1) is 12.7 Å². The predicted octanol–water partition coefficient (Wildman–Crippen LogP) is -0.601. The Labute approximate surface area is 150 Å². The number of rotatable bonds is 7. The molecule has 0 radical (unpaired) electrons. The second kappa shape index (κ2) is 9.14. The number of morpholine rings is 1. The molecular weight excluding hydrogens is 342 g/mol. The molecule has 1 N–H and O–H groups in total. The van der Waals surface area contributed by atoms with E-state index in [0.29, 0.717) is 19.7 Å². The summed E-state index contributed by atoms with van der Waals surface area (Å²) in [5, 5.41) is 8.88. The fraction of sp³-hybridized carbons (Fsp3) is 0.529. The normalized spacial score (nSPS) is 17.0. The molecule has 1 atom stereocenters. The van der Waals surface area contributed by atoms with E-state index in [-0.39, 0.29) is 36.9 Å². The molecule has 142 valence electrons. The third-order valence-electron chi connectivity index (χ3n) is 4.15. The summed E-state index contributed by atoms with van der Waals surface area (Å²) >= 11 is 0. The number of amides is 2. The van der Waals surface area contributed by atoms with Crippen LogP contribution in [0.1, 0.15) is 13.3 Å². The quantitative estimate of drug-likeness (QED) is 0.691. The molecule has 9 heteroatoms. The summed E-state index contributed by atoms with van der Waals surface area (Å²) in [7, 11) is 0. The van der Waals surface area contributed by atoms with Gasteiger partial charge in [-0.15, -0.1) is 0 Å². The highest BCUT2D eigenvalue weighted by atomic mass is 16.5. The Balaban J connectivity index is 1.89. The number of carbonyl (C=O) groups is 3. The third-order valence-corrected chi connectivity index (χ3v) is 4.15. The van der Waals surface area contributed by atoms with Crippen molar-refractivity contribution in [1.29, 1.82) is 0 Å². The van der Waals surface area contributed by atoms with Crippen LogP contribution in [0.4, 0.5) is 0 Å². The smallest absolute Gasteiger partial charge is 0.323 e. The molecule has 2 rings (SSSR count). The van der Waals surface area contributed by atoms with Gasteiger partial charge in [-0.1, -0.05) is 6.07 Å². The Morgan fingerprint density at radius 3 is 2.77 bits per heavy atom. The average Bonchev–Trinajstić information content (AvgIpc) is 2.60. The summed E-state index contributed by atoms with van der Waals surface area (Å²) in [5.41, 5.74) is -0.161. The van der Waals surface area contributed by atoms with Gasteiger partial charge in [0.1, 0.15) is 6.54 Å². The van der Waals surface area contributed by atoms with Gasteiger partial charge in [-0.3, -0.25) is 19.2 Å². The minimum Gasteiger partial charge on any atom is -0.480 e. The number of carboxylic acid groups (broad SMARTS) is 1. The summed E-state index contributed by atoms with van der Waals surface area (Å²) in [6.07, 6.45) is 1.38. The first-order chi connectivity index (χ1) is 12.4. The molecule has 2 amide bonds. The van der Waals surface area contributed by atoms with Crippen LogP contribution in [0.25, 0.3) is 0 Å². The molecule has 1 unspecified atom stereocenters. The number of aliphatic carboxylic acids is 1. The molecule has 0 spiro atoms. The van der Waals surface area contributed by atoms with Crippen LogP contribution >= 0.6 is 0 Å². The van der Waals surface area contributed by atoms with E-state index in [1.807, 2.05) is 0 Å². The summed E-state index contributed by atoms with van der Waals surface area (Å²) in [4.78, 5) is 49.3. The minimum absolute atomic E-state index is 0.110. The summed E-state index contributed by atoms with van der Waals surface area (Å²) in [5.74, 6) is -1.57. The van der Waals surface area contributed by atoms with E-state index in [4.69, 9.17) is 9.84 Å². The van der Waals surface area contributed by atoms with Crippen LogP contribution < -0.4 is 5.56 Å². The van der Waals surface area contributed by atoms with Crippen LogP contribution in [0.5, 0.6) is 0 Å². The topological polar surface area (TPSA) is 109 Å². The van der Waals surface area contributed by atoms with Crippen molar-refractivity contribution >= 4 is 17.8 Å². The van der Waals surface area contributed by atoms with Crippen molar-refractivity contribution in [3.63, 3.8) is 0 Å². The molecule has 1 aromatic rings. The lowest BCUT2D eigenvalue weighted by atomic mass is 10.2. The SMILES string of the molecule is CC(=O)N(CC(=O)O)CC1CN(C(=O)CCn2ccccc2=O)CCO1. The number of ether oxygens (including phenoxy) is 1. The van der Waals surface area contributed by atoms with E-state index >= 15 is 0 Å². The van der Waals surface area contributed by atoms with Gasteiger partial charge >= 0.3 is 5.97 Å². The van der Waals surface area contributed by atoms with E-state index in [1.54, 1.807) is 23.2 Å². The lowest BCUT2D eigenvalue weighted by Gasteiger charge is -2.35. The van der Waals surface area contributed by atoms with Crippen molar-refractivity contribution in [2.45, 2.75) is 26.0 Å². The van der Waals surface area contributed by atoms with E-state index in [9.17, 15) is 19.2 Å². The third kappa shape index (κ3) is 5.69. The lowest BCUT2D eigenvalue weighted by Crippen LogP contribution is -2.51. The maximum atomic E-state index is 12.4. The maximum absolute atomic E-state index is 12.4. The number of hydrogen-bond acceptors (Lipinski definition) is 5. The Kier molecular flexibility index (Phi) is 6.90. The van der Waals surface area contributed by atoms with Crippen molar-refractivity contribution < 1.29 is 24.2 Å². The standard InChI is InChI=1S/C17H23N3O6/c1-13(21)20(12-17(24)25)11-14-10-19(8-9-26-14)16(23)5-7-18-6-3-2-4-15(18)22/h2-4,6,14H,5,7-12H2,1H3,(H,24,25). The van der Waals surface area contributed by atoms with Gasteiger partial charge in [-0.2, -0.15) is 0 Å². The van der Waals surface area contributed by atoms with Crippen LogP contribution in [-0.2, 0) is 25.7 Å². The summed E-state index contributed by atoms with van der Waals surface area (Å²) in [6.45, 7) is 2.33. The van der Waals surface area contributed by atoms with Crippen molar-refractivity contribution in [3.8, 4) is 0 Å². The molecule has 1 saturated heterocycles. The maximum Gasteiger partial charge on any atom is 0.323 e. The Bertz CT molecular complexity index is 716. The summed E-state index contributed by atoms with van der Waals surface area (Å²) in [6, 6.07) is 4.81. The van der Waals surface area contributed by atoms with Gasteiger partial charge < -0.3 is 24.2 Å². The number of nitrogens with zero attached hydrogens (tertiary/aromatic N) is 3. The molecule has 1 fully saturated rings. The molecule has 0 aliphatic carbocycles. The molecule has 1 aliphatic heterocycles. The first-order valence-corrected chi connectivity index (χ1v) is 8.39. The van der Waals surface area contributed by atoms with Crippen LogP contribution in [0, 0.1) is 0 Å². The molecular formula is C17H23N3O6. The first-order valence-electron chi connectivity index (χ1n) is 8.39. The zero-order valence-corrected chi connectivity index (χ0v) is 14.7. The van der Waals surface area contributed by atoms with Gasteiger partial charge in [0, 0.05) is 51.8 Å². The number of carbonyl (C=O) groups excluding carboxylic acids is 2. The Morgan fingerprint density at radius 1 is 1.35 bits per heavy atom. The largest absolute Gasteiger partial charge is 0.480 e. The van der Waals surface area contributed by atoms with Crippen molar-refractivity contribution in [1.82, 2.24) is 14.4 Å². The lowest BCUT2D eigenvalue weighted by molar-refractivity contribution is -0.148. The zero-order chi connectivity index (χ0) is 19.1. The molecule has 26 heavy (non-hydrogen) atoms. The number of carboxylic acids is 1. The number of pyridine rings is 1. The monoisotopic (exact) mass is 365 g/mol. The van der Waals surface area contributed by atoms with E-state index < -0.39 is 18.6 Å². The molecule has 1 aromatic heterocycles. The summed E-state index contributed by atoms with van der Waals surface area (Å²) < 4.78 is 7.04. The predicted molar refractivity (Wildman–Crippen MR) is 91.5 cm³/mol. The molecule has 0 saturated carbocycles. The molecule has 1 aliphatic rings. The van der Waals surface area contributed by atoms with Crippen molar-refractivity contribution in [3.05, 3.63) is 34.7 Å². The molecule has 0 aromatic carbocycles. The van der Waals surface area contributed by atoms with Crippen molar-refractivity contribution in [2.24, 2.45) is 0 Å². The van der Waals surface area contributed by atoms with E-state index in [2.05, 4.69) is 0 Å². The molecule has 0 bridgehead atoms. The van der Waals surface area contributed by atoms with Crippen LogP contribution in [0.15, 0.2) is 29.2 Å².